The molecule has 10 heteroatoms. The van der Waals surface area contributed by atoms with Crippen molar-refractivity contribution in [2.45, 2.75) is 44.8 Å². The molecule has 4 atom stereocenters. The number of carboxylic acid groups (broad SMARTS) is 1. The van der Waals surface area contributed by atoms with Crippen molar-refractivity contribution >= 4 is 23.7 Å². The van der Waals surface area contributed by atoms with Gasteiger partial charge < -0.3 is 32.3 Å². The lowest BCUT2D eigenvalue weighted by Crippen LogP contribution is -2.57. The van der Waals surface area contributed by atoms with E-state index in [0.717, 1.165) is 0 Å². The third-order valence-electron chi connectivity index (χ3n) is 3.35. The van der Waals surface area contributed by atoms with Crippen LogP contribution < -0.4 is 22.1 Å². The SMILES string of the molecule is CC[C@H](C)[C@H](NC(=O)[C@@H](N)CC(N)=O)C(=O)N[C@@H](CO)C(=O)O. The van der Waals surface area contributed by atoms with E-state index < -0.39 is 48.4 Å². The molecule has 10 nitrogen and oxygen atoms in total. The molecule has 0 spiro atoms. The van der Waals surface area contributed by atoms with Crippen LogP contribution in [-0.2, 0) is 19.2 Å². The van der Waals surface area contributed by atoms with Gasteiger partial charge in [0, 0.05) is 0 Å². The predicted molar refractivity (Wildman–Crippen MR) is 79.8 cm³/mol. The Kier molecular flexibility index (Phi) is 8.81. The van der Waals surface area contributed by atoms with Crippen molar-refractivity contribution in [3.8, 4) is 0 Å². The van der Waals surface area contributed by atoms with E-state index in [4.69, 9.17) is 21.7 Å². The van der Waals surface area contributed by atoms with Crippen molar-refractivity contribution in [3.05, 3.63) is 0 Å². The maximum absolute atomic E-state index is 12.2. The Balaban J connectivity index is 5.00. The highest BCUT2D eigenvalue weighted by atomic mass is 16.4. The smallest absolute Gasteiger partial charge is 0.328 e. The first-order valence-electron chi connectivity index (χ1n) is 7.12. The molecule has 0 heterocycles. The van der Waals surface area contributed by atoms with Crippen LogP contribution in [0, 0.1) is 5.92 Å². The maximum Gasteiger partial charge on any atom is 0.328 e. The maximum atomic E-state index is 12.2. The fourth-order valence-electron chi connectivity index (χ4n) is 1.72. The Morgan fingerprint density at radius 2 is 1.70 bits per heavy atom. The number of carbonyl (C=O) groups excluding carboxylic acids is 3. The largest absolute Gasteiger partial charge is 0.480 e. The standard InChI is InChI=1S/C13H24N4O6/c1-3-6(2)10(12(21)16-8(5-18)13(22)23)17-11(20)7(14)4-9(15)19/h6-8,10,18H,3-5,14H2,1-2H3,(H2,15,19)(H,16,21)(H,17,20)(H,22,23)/t6-,7-,8-,10-/m0/s1. The van der Waals surface area contributed by atoms with Crippen LogP contribution in [0.2, 0.25) is 0 Å². The quantitative estimate of drug-likeness (QED) is 0.251. The lowest BCUT2D eigenvalue weighted by molar-refractivity contribution is -0.143. The number of carbonyl (C=O) groups is 4. The number of primary amides is 1. The zero-order valence-electron chi connectivity index (χ0n) is 13.1. The van der Waals surface area contributed by atoms with Gasteiger partial charge in [0.25, 0.3) is 0 Å². The lowest BCUT2D eigenvalue weighted by Gasteiger charge is -2.26. The van der Waals surface area contributed by atoms with Gasteiger partial charge in [-0.15, -0.1) is 0 Å². The van der Waals surface area contributed by atoms with E-state index in [1.54, 1.807) is 13.8 Å². The van der Waals surface area contributed by atoms with Gasteiger partial charge in [-0.3, -0.25) is 14.4 Å². The molecule has 0 unspecified atom stereocenters. The summed E-state index contributed by atoms with van der Waals surface area (Å²) in [5.74, 6) is -4.00. The molecule has 0 fully saturated rings. The topological polar surface area (TPSA) is 185 Å². The summed E-state index contributed by atoms with van der Waals surface area (Å²) in [5.41, 5.74) is 10.5. The van der Waals surface area contributed by atoms with Crippen LogP contribution in [0.4, 0.5) is 0 Å². The lowest BCUT2D eigenvalue weighted by atomic mass is 9.97. The summed E-state index contributed by atoms with van der Waals surface area (Å²) >= 11 is 0. The molecule has 0 aromatic rings. The van der Waals surface area contributed by atoms with Crippen LogP contribution in [0.5, 0.6) is 0 Å². The molecule has 0 aliphatic carbocycles. The van der Waals surface area contributed by atoms with Gasteiger partial charge in [0.1, 0.15) is 12.1 Å². The predicted octanol–water partition coefficient (Wildman–Crippen LogP) is -2.72. The Morgan fingerprint density at radius 3 is 2.09 bits per heavy atom. The Morgan fingerprint density at radius 1 is 1.13 bits per heavy atom. The van der Waals surface area contributed by atoms with E-state index >= 15 is 0 Å². The number of rotatable bonds is 10. The molecule has 0 radical (unpaired) electrons. The van der Waals surface area contributed by atoms with E-state index in [2.05, 4.69) is 10.6 Å². The molecule has 23 heavy (non-hydrogen) atoms. The molecule has 0 aliphatic heterocycles. The van der Waals surface area contributed by atoms with Crippen molar-refractivity contribution in [2.75, 3.05) is 6.61 Å². The summed E-state index contributed by atoms with van der Waals surface area (Å²) in [7, 11) is 0. The fourth-order valence-corrected chi connectivity index (χ4v) is 1.72. The number of aliphatic hydroxyl groups excluding tert-OH is 1. The number of aliphatic carboxylic acids is 1. The van der Waals surface area contributed by atoms with E-state index in [1.165, 1.54) is 0 Å². The van der Waals surface area contributed by atoms with Gasteiger partial charge in [-0.2, -0.15) is 0 Å². The summed E-state index contributed by atoms with van der Waals surface area (Å²) < 4.78 is 0. The third kappa shape index (κ3) is 7.06. The summed E-state index contributed by atoms with van der Waals surface area (Å²) in [6, 6.07) is -3.75. The van der Waals surface area contributed by atoms with Crippen molar-refractivity contribution in [1.29, 1.82) is 0 Å². The van der Waals surface area contributed by atoms with Crippen LogP contribution >= 0.6 is 0 Å². The third-order valence-corrected chi connectivity index (χ3v) is 3.35. The van der Waals surface area contributed by atoms with Crippen LogP contribution in [0.25, 0.3) is 0 Å². The van der Waals surface area contributed by atoms with Crippen molar-refractivity contribution < 1.29 is 29.4 Å². The number of amides is 3. The monoisotopic (exact) mass is 332 g/mol. The van der Waals surface area contributed by atoms with Crippen LogP contribution in [0.15, 0.2) is 0 Å². The highest BCUT2D eigenvalue weighted by Gasteiger charge is 2.30. The Bertz CT molecular complexity index is 456. The summed E-state index contributed by atoms with van der Waals surface area (Å²) in [6.07, 6.45) is 0.134. The average molecular weight is 332 g/mol. The Hall–Kier alpha value is -2.20. The summed E-state index contributed by atoms with van der Waals surface area (Å²) in [5, 5.41) is 22.3. The van der Waals surface area contributed by atoms with Gasteiger partial charge in [0.15, 0.2) is 0 Å². The summed E-state index contributed by atoms with van der Waals surface area (Å²) in [4.78, 5) is 45.7. The minimum Gasteiger partial charge on any atom is -0.480 e. The van der Waals surface area contributed by atoms with Crippen LogP contribution in [-0.4, -0.2) is 58.6 Å². The molecule has 8 N–H and O–H groups in total. The van der Waals surface area contributed by atoms with Gasteiger partial charge in [0.2, 0.25) is 17.7 Å². The highest BCUT2D eigenvalue weighted by molar-refractivity contribution is 5.93. The minimum atomic E-state index is -1.48. The summed E-state index contributed by atoms with van der Waals surface area (Å²) in [6.45, 7) is 2.67. The van der Waals surface area contributed by atoms with Crippen molar-refractivity contribution in [2.24, 2.45) is 17.4 Å². The molecular formula is C13H24N4O6. The van der Waals surface area contributed by atoms with E-state index in [1.807, 2.05) is 0 Å². The first-order valence-corrected chi connectivity index (χ1v) is 7.12. The number of hydrogen-bond acceptors (Lipinski definition) is 6. The molecule has 0 rings (SSSR count). The zero-order chi connectivity index (χ0) is 18.2. The molecule has 132 valence electrons. The molecule has 0 saturated carbocycles. The van der Waals surface area contributed by atoms with Crippen LogP contribution in [0.1, 0.15) is 26.7 Å². The molecular weight excluding hydrogens is 308 g/mol. The average Bonchev–Trinajstić information content (AvgIpc) is 2.47. The Labute approximate surface area is 133 Å². The number of nitrogens with two attached hydrogens (primary N) is 2. The molecule has 3 amide bonds. The van der Waals surface area contributed by atoms with Crippen molar-refractivity contribution in [3.63, 3.8) is 0 Å². The minimum absolute atomic E-state index is 0.326. The fraction of sp³-hybridized carbons (Fsp3) is 0.692. The van der Waals surface area contributed by atoms with Gasteiger partial charge in [-0.25, -0.2) is 4.79 Å². The number of hydrogen-bond donors (Lipinski definition) is 6. The van der Waals surface area contributed by atoms with Gasteiger partial charge in [-0.05, 0) is 5.92 Å². The normalized spacial score (nSPS) is 15.8. The van der Waals surface area contributed by atoms with E-state index in [-0.39, 0.29) is 12.3 Å². The van der Waals surface area contributed by atoms with Gasteiger partial charge in [0.05, 0.1) is 19.1 Å². The highest BCUT2D eigenvalue weighted by Crippen LogP contribution is 2.09. The van der Waals surface area contributed by atoms with Crippen LogP contribution in [0.3, 0.4) is 0 Å². The molecule has 0 bridgehead atoms. The second-order valence-electron chi connectivity index (χ2n) is 5.23. The van der Waals surface area contributed by atoms with Gasteiger partial charge >= 0.3 is 5.97 Å². The number of carboxylic acids is 1. The second-order valence-corrected chi connectivity index (χ2v) is 5.23. The van der Waals surface area contributed by atoms with Gasteiger partial charge in [-0.1, -0.05) is 20.3 Å². The molecule has 0 aromatic heterocycles. The molecule has 0 aliphatic rings. The molecule has 0 aromatic carbocycles. The number of aliphatic hydroxyl groups is 1. The zero-order valence-corrected chi connectivity index (χ0v) is 13.1. The van der Waals surface area contributed by atoms with E-state index in [9.17, 15) is 19.2 Å². The van der Waals surface area contributed by atoms with Crippen molar-refractivity contribution in [1.82, 2.24) is 10.6 Å². The number of nitrogens with one attached hydrogen (secondary N) is 2. The second kappa shape index (κ2) is 9.74. The first kappa shape index (κ1) is 20.8. The van der Waals surface area contributed by atoms with E-state index in [0.29, 0.717) is 6.42 Å². The molecule has 0 saturated heterocycles. The first-order chi connectivity index (χ1) is 10.6.